The summed E-state index contributed by atoms with van der Waals surface area (Å²) < 4.78 is 31.1. The highest BCUT2D eigenvalue weighted by atomic mass is 19.1. The Morgan fingerprint density at radius 1 is 1.12 bits per heavy atom. The highest BCUT2D eigenvalue weighted by molar-refractivity contribution is 5.66. The first-order chi connectivity index (χ1) is 20.1. The van der Waals surface area contributed by atoms with Crippen molar-refractivity contribution in [1.29, 1.82) is 5.26 Å². The van der Waals surface area contributed by atoms with E-state index in [0.29, 0.717) is 53.7 Å². The number of benzene rings is 1. The van der Waals surface area contributed by atoms with E-state index in [1.54, 1.807) is 31.5 Å². The minimum absolute atomic E-state index is 0.248. The summed E-state index contributed by atoms with van der Waals surface area (Å²) in [6, 6.07) is 13.6. The quantitative estimate of drug-likeness (QED) is 0.423. The van der Waals surface area contributed by atoms with Gasteiger partial charge in [-0.05, 0) is 49.4 Å². The molecule has 6 rings (SSSR count). The van der Waals surface area contributed by atoms with Crippen LogP contribution in [0.2, 0.25) is 0 Å². The summed E-state index contributed by atoms with van der Waals surface area (Å²) in [5.41, 5.74) is 2.61. The Kier molecular flexibility index (Phi) is 8.09. The SMILES string of the molecule is COc1nc(Nc2nccc(-c3ccc(O[C@@H]4CCNC[C@@H]4F)c(C#N)c3)n2)ccc1N1CCN(C2COC2)CC1. The monoisotopic (exact) mass is 560 g/mol. The van der Waals surface area contributed by atoms with Gasteiger partial charge >= 0.3 is 0 Å². The van der Waals surface area contributed by atoms with Gasteiger partial charge < -0.3 is 29.7 Å². The number of piperidine rings is 1. The minimum Gasteiger partial charge on any atom is -0.486 e. The number of anilines is 3. The lowest BCUT2D eigenvalue weighted by Gasteiger charge is -2.43. The van der Waals surface area contributed by atoms with Crippen LogP contribution in [0, 0.1) is 11.3 Å². The van der Waals surface area contributed by atoms with Crippen molar-refractivity contribution in [2.24, 2.45) is 0 Å². The third kappa shape index (κ3) is 6.02. The molecule has 3 fully saturated rings. The summed E-state index contributed by atoms with van der Waals surface area (Å²) in [5, 5.41) is 15.9. The van der Waals surface area contributed by atoms with E-state index >= 15 is 0 Å². The third-order valence-electron chi connectivity index (χ3n) is 7.74. The van der Waals surface area contributed by atoms with Crippen molar-refractivity contribution in [3.63, 3.8) is 0 Å². The smallest absolute Gasteiger partial charge is 0.239 e. The molecule has 3 aliphatic rings. The maximum Gasteiger partial charge on any atom is 0.239 e. The Morgan fingerprint density at radius 3 is 2.71 bits per heavy atom. The number of hydrogen-bond acceptors (Lipinski definition) is 11. The van der Waals surface area contributed by atoms with Crippen LogP contribution in [-0.4, -0.2) is 97.8 Å². The van der Waals surface area contributed by atoms with Gasteiger partial charge in [-0.2, -0.15) is 10.2 Å². The van der Waals surface area contributed by atoms with Crippen molar-refractivity contribution in [2.75, 3.05) is 69.8 Å². The molecule has 2 atom stereocenters. The van der Waals surface area contributed by atoms with E-state index < -0.39 is 12.3 Å². The number of methoxy groups -OCH3 is 1. The van der Waals surface area contributed by atoms with Crippen LogP contribution in [0.15, 0.2) is 42.6 Å². The van der Waals surface area contributed by atoms with Crippen molar-refractivity contribution in [3.05, 3.63) is 48.2 Å². The fourth-order valence-corrected chi connectivity index (χ4v) is 5.32. The number of pyridine rings is 1. The van der Waals surface area contributed by atoms with Crippen LogP contribution < -0.4 is 25.0 Å². The molecule has 11 nitrogen and oxygen atoms in total. The molecule has 2 aromatic heterocycles. The van der Waals surface area contributed by atoms with Gasteiger partial charge in [-0.25, -0.2) is 14.4 Å². The molecule has 0 amide bonds. The second-order valence-corrected chi connectivity index (χ2v) is 10.3. The molecule has 3 aliphatic heterocycles. The molecule has 3 aromatic rings. The highest BCUT2D eigenvalue weighted by Crippen LogP contribution is 2.31. The lowest BCUT2D eigenvalue weighted by atomic mass is 10.1. The lowest BCUT2D eigenvalue weighted by molar-refractivity contribution is -0.0660. The van der Waals surface area contributed by atoms with E-state index in [1.165, 1.54) is 0 Å². The number of halogens is 1. The Morgan fingerprint density at radius 2 is 1.98 bits per heavy atom. The average molecular weight is 561 g/mol. The van der Waals surface area contributed by atoms with Crippen LogP contribution in [0.25, 0.3) is 11.3 Å². The van der Waals surface area contributed by atoms with Crippen LogP contribution in [0.5, 0.6) is 11.6 Å². The molecular formula is C29H33FN8O3. The first kappa shape index (κ1) is 27.1. The minimum atomic E-state index is -1.12. The zero-order valence-electron chi connectivity index (χ0n) is 22.9. The number of ether oxygens (including phenoxy) is 3. The number of nitrogens with zero attached hydrogens (tertiary/aromatic N) is 6. The van der Waals surface area contributed by atoms with Gasteiger partial charge in [0.1, 0.15) is 35.6 Å². The van der Waals surface area contributed by atoms with Crippen LogP contribution in [0.3, 0.4) is 0 Å². The fraction of sp³-hybridized carbons (Fsp3) is 0.448. The molecule has 0 saturated carbocycles. The molecule has 0 aliphatic carbocycles. The van der Waals surface area contributed by atoms with E-state index in [-0.39, 0.29) is 6.54 Å². The molecule has 0 spiro atoms. The molecular weight excluding hydrogens is 527 g/mol. The van der Waals surface area contributed by atoms with Crippen molar-refractivity contribution < 1.29 is 18.6 Å². The molecule has 214 valence electrons. The predicted molar refractivity (Wildman–Crippen MR) is 151 cm³/mol. The Balaban J connectivity index is 1.14. The van der Waals surface area contributed by atoms with Crippen molar-refractivity contribution in [2.45, 2.75) is 24.7 Å². The van der Waals surface area contributed by atoms with Gasteiger partial charge in [0.05, 0.1) is 37.6 Å². The highest BCUT2D eigenvalue weighted by Gasteiger charge is 2.30. The summed E-state index contributed by atoms with van der Waals surface area (Å²) in [6.07, 6.45) is 0.486. The number of aromatic nitrogens is 3. The number of rotatable bonds is 8. The number of alkyl halides is 1. The van der Waals surface area contributed by atoms with Crippen LogP contribution >= 0.6 is 0 Å². The molecule has 0 radical (unpaired) electrons. The molecule has 2 N–H and O–H groups in total. The zero-order valence-corrected chi connectivity index (χ0v) is 22.9. The van der Waals surface area contributed by atoms with E-state index in [1.807, 2.05) is 18.2 Å². The molecule has 12 heteroatoms. The van der Waals surface area contributed by atoms with E-state index in [0.717, 1.165) is 50.6 Å². The maximum atomic E-state index is 14.2. The number of nitrogens with one attached hydrogen (secondary N) is 2. The number of hydrogen-bond donors (Lipinski definition) is 2. The van der Waals surface area contributed by atoms with Crippen molar-refractivity contribution in [1.82, 2.24) is 25.2 Å². The standard InChI is InChI=1S/C29H33FN8O3/c1-39-28-24(38-12-10-37(11-13-38)21-17-40-18-21)3-5-27(35-28)36-29-33-9-6-23(34-29)19-2-4-25(20(14-19)15-31)41-26-7-8-32-16-22(26)30/h2-6,9,14,21-22,26,32H,7-8,10-13,16-18H2,1H3,(H,33,34,35,36)/t22-,26+/m0/s1. The summed E-state index contributed by atoms with van der Waals surface area (Å²) in [7, 11) is 1.62. The zero-order chi connectivity index (χ0) is 28.2. The van der Waals surface area contributed by atoms with Crippen LogP contribution in [-0.2, 0) is 4.74 Å². The Labute approximate surface area is 238 Å². The second-order valence-electron chi connectivity index (χ2n) is 10.3. The Hall–Kier alpha value is -4.05. The molecule has 3 saturated heterocycles. The largest absolute Gasteiger partial charge is 0.486 e. The van der Waals surface area contributed by atoms with Crippen LogP contribution in [0.1, 0.15) is 12.0 Å². The second kappa shape index (κ2) is 12.2. The first-order valence-electron chi connectivity index (χ1n) is 13.9. The van der Waals surface area contributed by atoms with Crippen molar-refractivity contribution >= 4 is 17.5 Å². The Bertz CT molecular complexity index is 1410. The molecule has 1 aromatic carbocycles. The number of piperazine rings is 1. The average Bonchev–Trinajstić information content (AvgIpc) is 2.98. The third-order valence-corrected chi connectivity index (χ3v) is 7.74. The molecule has 41 heavy (non-hydrogen) atoms. The van der Waals surface area contributed by atoms with Gasteiger partial charge in [0.15, 0.2) is 0 Å². The van der Waals surface area contributed by atoms with E-state index in [2.05, 4.69) is 41.5 Å². The van der Waals surface area contributed by atoms with Gasteiger partial charge in [-0.1, -0.05) is 0 Å². The predicted octanol–water partition coefficient (Wildman–Crippen LogP) is 2.76. The van der Waals surface area contributed by atoms with Gasteiger partial charge in [0.25, 0.3) is 0 Å². The van der Waals surface area contributed by atoms with Gasteiger partial charge in [0, 0.05) is 44.5 Å². The maximum absolute atomic E-state index is 14.2. The summed E-state index contributed by atoms with van der Waals surface area (Å²) in [6.45, 7) is 6.33. The molecule has 0 unspecified atom stereocenters. The van der Waals surface area contributed by atoms with E-state index in [4.69, 9.17) is 14.2 Å². The van der Waals surface area contributed by atoms with Crippen LogP contribution in [0.4, 0.5) is 21.8 Å². The van der Waals surface area contributed by atoms with E-state index in [9.17, 15) is 9.65 Å². The van der Waals surface area contributed by atoms with Gasteiger partial charge in [-0.15, -0.1) is 0 Å². The lowest BCUT2D eigenvalue weighted by Crippen LogP contribution is -2.56. The molecule has 0 bridgehead atoms. The van der Waals surface area contributed by atoms with Gasteiger partial charge in [-0.3, -0.25) is 4.90 Å². The summed E-state index contributed by atoms with van der Waals surface area (Å²) in [4.78, 5) is 18.4. The topological polar surface area (TPSA) is 121 Å². The summed E-state index contributed by atoms with van der Waals surface area (Å²) in [5.74, 6) is 1.81. The number of nitriles is 1. The molecule has 5 heterocycles. The fourth-order valence-electron chi connectivity index (χ4n) is 5.32. The first-order valence-corrected chi connectivity index (χ1v) is 13.9. The summed E-state index contributed by atoms with van der Waals surface area (Å²) >= 11 is 0. The van der Waals surface area contributed by atoms with Crippen molar-refractivity contribution in [3.8, 4) is 29.0 Å². The normalized spacial score (nSPS) is 21.5. The van der Waals surface area contributed by atoms with Gasteiger partial charge in [0.2, 0.25) is 11.8 Å².